The fourth-order valence-electron chi connectivity index (χ4n) is 0.935. The first kappa shape index (κ1) is 8.49. The average molecular weight is 159 g/mol. The van der Waals surface area contributed by atoms with Crippen molar-refractivity contribution in [1.29, 1.82) is 0 Å². The third kappa shape index (κ3) is 2.48. The van der Waals surface area contributed by atoms with E-state index in [9.17, 15) is 4.79 Å². The quantitative estimate of drug-likeness (QED) is 0.571. The number of carbonyl (C=O) groups excluding carboxylic acids is 1. The van der Waals surface area contributed by atoms with Gasteiger partial charge in [0, 0.05) is 6.54 Å². The van der Waals surface area contributed by atoms with Crippen LogP contribution in [0, 0.1) is 0 Å². The summed E-state index contributed by atoms with van der Waals surface area (Å²) in [4.78, 5) is 11.0. The number of carbonyl (C=O) groups is 1. The van der Waals surface area contributed by atoms with Crippen molar-refractivity contribution >= 4 is 5.97 Å². The van der Waals surface area contributed by atoms with Crippen LogP contribution in [0.2, 0.25) is 0 Å². The minimum absolute atomic E-state index is 0.313. The zero-order valence-electron chi connectivity index (χ0n) is 6.63. The van der Waals surface area contributed by atoms with E-state index in [0.29, 0.717) is 13.2 Å². The van der Waals surface area contributed by atoms with E-state index in [-0.39, 0.29) is 5.97 Å². The summed E-state index contributed by atoms with van der Waals surface area (Å²) in [6.45, 7) is 3.64. The first-order valence-corrected chi connectivity index (χ1v) is 3.86. The normalized spacial score (nSPS) is 24.6. The third-order valence-corrected chi connectivity index (χ3v) is 1.44. The Labute approximate surface area is 65.9 Å². The molecule has 0 bridgehead atoms. The molecule has 1 atom stereocenters. The molecule has 0 aromatic heterocycles. The van der Waals surface area contributed by atoms with Crippen molar-refractivity contribution in [2.75, 3.05) is 19.8 Å². The molecule has 11 heavy (non-hydrogen) atoms. The number of rotatable bonds is 2. The van der Waals surface area contributed by atoms with Gasteiger partial charge in [-0.3, -0.25) is 5.32 Å². The molecule has 0 aromatic rings. The van der Waals surface area contributed by atoms with Crippen LogP contribution in [-0.2, 0) is 14.3 Å². The van der Waals surface area contributed by atoms with Crippen molar-refractivity contribution in [3.8, 4) is 0 Å². The Kier molecular flexibility index (Phi) is 3.32. The minimum Gasteiger partial charge on any atom is -0.463 e. The van der Waals surface area contributed by atoms with E-state index in [2.05, 4.69) is 5.32 Å². The second kappa shape index (κ2) is 4.31. The lowest BCUT2D eigenvalue weighted by molar-refractivity contribution is -0.161. The van der Waals surface area contributed by atoms with E-state index in [1.165, 1.54) is 0 Å². The van der Waals surface area contributed by atoms with E-state index < -0.39 is 6.23 Å². The fourth-order valence-corrected chi connectivity index (χ4v) is 0.935. The summed E-state index contributed by atoms with van der Waals surface area (Å²) < 4.78 is 9.86. The van der Waals surface area contributed by atoms with Crippen LogP contribution in [0.5, 0.6) is 0 Å². The molecule has 1 aliphatic heterocycles. The highest BCUT2D eigenvalue weighted by molar-refractivity contribution is 5.74. The van der Waals surface area contributed by atoms with Gasteiger partial charge < -0.3 is 9.47 Å². The Bertz CT molecular complexity index is 132. The molecule has 1 saturated heterocycles. The molecular formula is C7H13NO3. The zero-order chi connectivity index (χ0) is 8.10. The van der Waals surface area contributed by atoms with Crippen LogP contribution in [0.25, 0.3) is 0 Å². The molecule has 1 fully saturated rings. The first-order chi connectivity index (χ1) is 5.34. The van der Waals surface area contributed by atoms with Crippen LogP contribution in [0.3, 0.4) is 0 Å². The smallest absolute Gasteiger partial charge is 0.350 e. The summed E-state index contributed by atoms with van der Waals surface area (Å²) >= 11 is 0. The van der Waals surface area contributed by atoms with Crippen molar-refractivity contribution < 1.29 is 14.3 Å². The number of hydrogen-bond donors (Lipinski definition) is 1. The van der Waals surface area contributed by atoms with Gasteiger partial charge in [0.15, 0.2) is 0 Å². The highest BCUT2D eigenvalue weighted by atomic mass is 16.6. The van der Waals surface area contributed by atoms with Gasteiger partial charge in [-0.05, 0) is 13.3 Å². The van der Waals surface area contributed by atoms with Gasteiger partial charge >= 0.3 is 5.97 Å². The van der Waals surface area contributed by atoms with Crippen molar-refractivity contribution in [3.05, 3.63) is 0 Å². The van der Waals surface area contributed by atoms with Crippen molar-refractivity contribution in [3.63, 3.8) is 0 Å². The van der Waals surface area contributed by atoms with Gasteiger partial charge in [0.25, 0.3) is 0 Å². The molecule has 0 amide bonds. The molecule has 4 heteroatoms. The fraction of sp³-hybridized carbons (Fsp3) is 0.857. The average Bonchev–Trinajstić information content (AvgIpc) is 2.07. The van der Waals surface area contributed by atoms with Gasteiger partial charge in [-0.25, -0.2) is 4.79 Å². The summed E-state index contributed by atoms with van der Waals surface area (Å²) in [6, 6.07) is 0. The summed E-state index contributed by atoms with van der Waals surface area (Å²) in [6.07, 6.45) is 0.416. The van der Waals surface area contributed by atoms with E-state index in [0.717, 1.165) is 13.0 Å². The topological polar surface area (TPSA) is 47.6 Å². The Morgan fingerprint density at radius 2 is 2.64 bits per heavy atom. The van der Waals surface area contributed by atoms with Gasteiger partial charge in [-0.15, -0.1) is 0 Å². The number of esters is 1. The SMILES string of the molecule is CCOC(=O)C1NCCCO1. The molecule has 1 aliphatic rings. The summed E-state index contributed by atoms with van der Waals surface area (Å²) in [5, 5.41) is 2.91. The van der Waals surface area contributed by atoms with Gasteiger partial charge in [0.2, 0.25) is 6.23 Å². The van der Waals surface area contributed by atoms with Crippen LogP contribution in [0.1, 0.15) is 13.3 Å². The first-order valence-electron chi connectivity index (χ1n) is 3.86. The highest BCUT2D eigenvalue weighted by Crippen LogP contribution is 1.99. The lowest BCUT2D eigenvalue weighted by Gasteiger charge is -2.21. The largest absolute Gasteiger partial charge is 0.463 e. The predicted octanol–water partition coefficient (Wildman–Crippen LogP) is -0.115. The molecule has 1 N–H and O–H groups in total. The molecule has 0 radical (unpaired) electrons. The Balaban J connectivity index is 2.27. The minimum atomic E-state index is -0.538. The number of ether oxygens (including phenoxy) is 2. The van der Waals surface area contributed by atoms with Crippen molar-refractivity contribution in [2.24, 2.45) is 0 Å². The maximum Gasteiger partial charge on any atom is 0.350 e. The molecule has 1 heterocycles. The maximum atomic E-state index is 11.0. The molecule has 0 aliphatic carbocycles. The lowest BCUT2D eigenvalue weighted by atomic mass is 10.4. The van der Waals surface area contributed by atoms with Gasteiger partial charge in [-0.1, -0.05) is 0 Å². The molecule has 1 unspecified atom stereocenters. The standard InChI is InChI=1S/C7H13NO3/c1-2-10-7(9)6-8-4-3-5-11-6/h6,8H,2-5H2,1H3. The second-order valence-corrected chi connectivity index (χ2v) is 2.31. The van der Waals surface area contributed by atoms with Gasteiger partial charge in [-0.2, -0.15) is 0 Å². The van der Waals surface area contributed by atoms with E-state index >= 15 is 0 Å². The maximum absolute atomic E-state index is 11.0. The zero-order valence-corrected chi connectivity index (χ0v) is 6.63. The summed E-state index contributed by atoms with van der Waals surface area (Å²) in [5.41, 5.74) is 0. The molecule has 0 spiro atoms. The van der Waals surface area contributed by atoms with Crippen LogP contribution in [0.15, 0.2) is 0 Å². The van der Waals surface area contributed by atoms with Crippen LogP contribution >= 0.6 is 0 Å². The summed E-state index contributed by atoms with van der Waals surface area (Å²) in [5.74, 6) is -0.313. The second-order valence-electron chi connectivity index (χ2n) is 2.31. The van der Waals surface area contributed by atoms with E-state index in [1.807, 2.05) is 0 Å². The Hall–Kier alpha value is -0.610. The Morgan fingerprint density at radius 1 is 1.82 bits per heavy atom. The monoisotopic (exact) mass is 159 g/mol. The molecule has 64 valence electrons. The van der Waals surface area contributed by atoms with Crippen molar-refractivity contribution in [1.82, 2.24) is 5.32 Å². The van der Waals surface area contributed by atoms with E-state index in [4.69, 9.17) is 9.47 Å². The molecular weight excluding hydrogens is 146 g/mol. The molecule has 4 nitrogen and oxygen atoms in total. The highest BCUT2D eigenvalue weighted by Gasteiger charge is 2.21. The van der Waals surface area contributed by atoms with Gasteiger partial charge in [0.05, 0.1) is 13.2 Å². The Morgan fingerprint density at radius 3 is 3.18 bits per heavy atom. The third-order valence-electron chi connectivity index (χ3n) is 1.44. The molecule has 0 aromatic carbocycles. The molecule has 0 saturated carbocycles. The number of nitrogens with one attached hydrogen (secondary N) is 1. The van der Waals surface area contributed by atoms with Crippen LogP contribution in [0.4, 0.5) is 0 Å². The predicted molar refractivity (Wildman–Crippen MR) is 39.0 cm³/mol. The summed E-state index contributed by atoms with van der Waals surface area (Å²) in [7, 11) is 0. The van der Waals surface area contributed by atoms with Gasteiger partial charge in [0.1, 0.15) is 0 Å². The van der Waals surface area contributed by atoms with Crippen molar-refractivity contribution in [2.45, 2.75) is 19.6 Å². The van der Waals surface area contributed by atoms with Crippen LogP contribution in [-0.4, -0.2) is 32.0 Å². The number of hydrogen-bond acceptors (Lipinski definition) is 4. The lowest BCUT2D eigenvalue weighted by Crippen LogP contribution is -2.44. The van der Waals surface area contributed by atoms with Crippen LogP contribution < -0.4 is 5.32 Å². The van der Waals surface area contributed by atoms with E-state index in [1.54, 1.807) is 6.92 Å². The molecule has 1 rings (SSSR count).